The van der Waals surface area contributed by atoms with Crippen molar-refractivity contribution in [3.05, 3.63) is 24.3 Å². The summed E-state index contributed by atoms with van der Waals surface area (Å²) in [5, 5.41) is 9.53. The van der Waals surface area contributed by atoms with E-state index in [-0.39, 0.29) is 42.7 Å². The Morgan fingerprint density at radius 2 is 1.18 bits per heavy atom. The van der Waals surface area contributed by atoms with E-state index in [1.807, 2.05) is 27.2 Å². The number of unbranched alkanes of at least 4 members (excludes halogenated alkanes) is 12. The minimum atomic E-state index is -0.884. The summed E-state index contributed by atoms with van der Waals surface area (Å²) >= 11 is 0. The maximum Gasteiger partial charge on any atom is 0.362 e. The van der Waals surface area contributed by atoms with E-state index in [1.165, 1.54) is 51.4 Å². The molecular weight excluding hydrogens is 558 g/mol. The van der Waals surface area contributed by atoms with Crippen LogP contribution in [-0.4, -0.2) is 80.6 Å². The molecule has 0 aromatic heterocycles. The first-order chi connectivity index (χ1) is 21.1. The number of carbonyl (C=O) groups excluding carboxylic acids is 2. The van der Waals surface area contributed by atoms with Gasteiger partial charge < -0.3 is 23.8 Å². The monoisotopic (exact) mass is 624 g/mol. The van der Waals surface area contributed by atoms with Crippen LogP contribution in [0, 0.1) is 0 Å². The fourth-order valence-corrected chi connectivity index (χ4v) is 4.81. The number of quaternary nitrogens is 1. The van der Waals surface area contributed by atoms with Gasteiger partial charge in [-0.2, -0.15) is 0 Å². The van der Waals surface area contributed by atoms with Gasteiger partial charge in [0.15, 0.2) is 12.1 Å². The van der Waals surface area contributed by atoms with Crippen LogP contribution in [0.15, 0.2) is 24.3 Å². The van der Waals surface area contributed by atoms with Crippen LogP contribution in [0.3, 0.4) is 0 Å². The minimum Gasteiger partial charge on any atom is -0.477 e. The zero-order valence-corrected chi connectivity index (χ0v) is 28.9. The molecule has 0 saturated heterocycles. The van der Waals surface area contributed by atoms with Gasteiger partial charge in [0.05, 0.1) is 34.4 Å². The highest BCUT2D eigenvalue weighted by molar-refractivity contribution is 5.72. The molecule has 0 fully saturated rings. The second-order valence-corrected chi connectivity index (χ2v) is 12.8. The molecule has 8 nitrogen and oxygen atoms in total. The predicted octanol–water partition coefficient (Wildman–Crippen LogP) is 8.18. The number of likely N-dealkylation sites (N-methyl/N-ethyl adjacent to an activating group) is 1. The predicted molar refractivity (Wildman–Crippen MR) is 178 cm³/mol. The van der Waals surface area contributed by atoms with E-state index in [2.05, 4.69) is 32.1 Å². The molecule has 0 bridgehead atoms. The van der Waals surface area contributed by atoms with Crippen LogP contribution in [0.25, 0.3) is 0 Å². The SMILES string of the molecule is CCCCC/C=C/CCC(=O)OC(COCCC(C(=O)O)[N+](C)(C)C)COC(=O)CCCCC/C=C/CCCCCCCC. The van der Waals surface area contributed by atoms with Crippen molar-refractivity contribution in [3.8, 4) is 0 Å². The molecule has 0 amide bonds. The summed E-state index contributed by atoms with van der Waals surface area (Å²) in [6, 6.07) is -0.617. The number of ether oxygens (including phenoxy) is 3. The Kier molecular flexibility index (Phi) is 26.9. The third-order valence-electron chi connectivity index (χ3n) is 7.59. The Bertz CT molecular complexity index is 788. The molecule has 0 aromatic carbocycles. The molecule has 0 aromatic rings. The largest absolute Gasteiger partial charge is 0.477 e. The summed E-state index contributed by atoms with van der Waals surface area (Å²) in [7, 11) is 5.49. The number of aliphatic carboxylic acids is 1. The number of carboxylic acids is 1. The van der Waals surface area contributed by atoms with Crippen molar-refractivity contribution in [3.63, 3.8) is 0 Å². The lowest BCUT2D eigenvalue weighted by Crippen LogP contribution is -2.50. The normalized spacial score (nSPS) is 13.4. The molecule has 8 heteroatoms. The first-order valence-electron chi connectivity index (χ1n) is 17.4. The fraction of sp³-hybridized carbons (Fsp3) is 0.806. The molecule has 44 heavy (non-hydrogen) atoms. The van der Waals surface area contributed by atoms with Gasteiger partial charge in [-0.15, -0.1) is 0 Å². The zero-order chi connectivity index (χ0) is 32.9. The van der Waals surface area contributed by atoms with Crippen LogP contribution in [0.4, 0.5) is 0 Å². The molecular formula is C36H66NO7+. The number of carbonyl (C=O) groups is 3. The number of nitrogens with zero attached hydrogens (tertiary/aromatic N) is 1. The van der Waals surface area contributed by atoms with Crippen LogP contribution in [0.5, 0.6) is 0 Å². The molecule has 0 aliphatic carbocycles. The van der Waals surface area contributed by atoms with E-state index in [9.17, 15) is 19.5 Å². The average Bonchev–Trinajstić information content (AvgIpc) is 2.96. The number of rotatable bonds is 30. The Labute approximate surface area is 269 Å². The Morgan fingerprint density at radius 1 is 0.659 bits per heavy atom. The van der Waals surface area contributed by atoms with E-state index in [1.54, 1.807) is 0 Å². The molecule has 0 aliphatic rings. The molecule has 0 radical (unpaired) electrons. The summed E-state index contributed by atoms with van der Waals surface area (Å²) in [6.07, 6.45) is 26.8. The van der Waals surface area contributed by atoms with Gasteiger partial charge in [0, 0.05) is 19.3 Å². The zero-order valence-electron chi connectivity index (χ0n) is 28.9. The van der Waals surface area contributed by atoms with E-state index in [0.29, 0.717) is 19.3 Å². The molecule has 0 saturated carbocycles. The minimum absolute atomic E-state index is 0.0421. The maximum absolute atomic E-state index is 12.5. The molecule has 256 valence electrons. The van der Waals surface area contributed by atoms with Crippen molar-refractivity contribution in [2.75, 3.05) is 41.0 Å². The lowest BCUT2D eigenvalue weighted by Gasteiger charge is -2.31. The van der Waals surface area contributed by atoms with Gasteiger partial charge in [0.1, 0.15) is 6.61 Å². The summed E-state index contributed by atoms with van der Waals surface area (Å²) in [6.45, 7) is 4.58. The quantitative estimate of drug-likeness (QED) is 0.0372. The van der Waals surface area contributed by atoms with Crippen molar-refractivity contribution in [1.82, 2.24) is 0 Å². The van der Waals surface area contributed by atoms with Crippen LogP contribution < -0.4 is 0 Å². The van der Waals surface area contributed by atoms with Crippen LogP contribution in [0.1, 0.15) is 136 Å². The lowest BCUT2D eigenvalue weighted by atomic mass is 10.1. The first kappa shape index (κ1) is 41.8. The number of esters is 2. The Morgan fingerprint density at radius 3 is 1.77 bits per heavy atom. The summed E-state index contributed by atoms with van der Waals surface area (Å²) in [4.78, 5) is 36.5. The smallest absolute Gasteiger partial charge is 0.362 e. The Balaban J connectivity index is 4.47. The summed E-state index contributed by atoms with van der Waals surface area (Å²) in [5.74, 6) is -1.56. The number of hydrogen-bond donors (Lipinski definition) is 1. The highest BCUT2D eigenvalue weighted by Crippen LogP contribution is 2.11. The molecule has 1 N–H and O–H groups in total. The standard InChI is InChI=1S/C36H65NO7/c1-6-8-10-12-14-15-16-17-18-19-21-22-24-26-34(38)43-31-32(30-42-29-28-33(36(40)41)37(3,4)5)44-35(39)27-25-23-20-13-11-9-7-2/h17-18,20,23,32-33H,6-16,19,21-22,24-31H2,1-5H3/p+1/b18-17+,23-20+. The Hall–Kier alpha value is -2.19. The summed E-state index contributed by atoms with van der Waals surface area (Å²) < 4.78 is 17.0. The molecule has 0 spiro atoms. The highest BCUT2D eigenvalue weighted by atomic mass is 16.6. The van der Waals surface area contributed by atoms with E-state index in [0.717, 1.165) is 44.9 Å². The number of hydrogen-bond acceptors (Lipinski definition) is 6. The molecule has 0 rings (SSSR count). The number of allylic oxidation sites excluding steroid dienone is 4. The molecule has 2 atom stereocenters. The lowest BCUT2D eigenvalue weighted by molar-refractivity contribution is -0.887. The third-order valence-corrected chi connectivity index (χ3v) is 7.59. The van der Waals surface area contributed by atoms with E-state index >= 15 is 0 Å². The maximum atomic E-state index is 12.5. The van der Waals surface area contributed by atoms with Gasteiger partial charge in [0.25, 0.3) is 0 Å². The van der Waals surface area contributed by atoms with Crippen LogP contribution in [-0.2, 0) is 28.6 Å². The molecule has 0 heterocycles. The number of carboxylic acid groups (broad SMARTS) is 1. The molecule has 2 unspecified atom stereocenters. The van der Waals surface area contributed by atoms with Crippen molar-refractivity contribution in [2.45, 2.75) is 148 Å². The second kappa shape index (κ2) is 28.3. The van der Waals surface area contributed by atoms with Gasteiger partial charge in [-0.25, -0.2) is 4.79 Å². The van der Waals surface area contributed by atoms with Gasteiger partial charge in [-0.3, -0.25) is 9.59 Å². The van der Waals surface area contributed by atoms with Crippen molar-refractivity contribution in [2.24, 2.45) is 0 Å². The average molecular weight is 625 g/mol. The van der Waals surface area contributed by atoms with E-state index in [4.69, 9.17) is 14.2 Å². The van der Waals surface area contributed by atoms with Crippen molar-refractivity contribution >= 4 is 17.9 Å². The first-order valence-corrected chi connectivity index (χ1v) is 17.4. The van der Waals surface area contributed by atoms with Crippen molar-refractivity contribution in [1.29, 1.82) is 0 Å². The summed E-state index contributed by atoms with van der Waals surface area (Å²) in [5.41, 5.74) is 0. The van der Waals surface area contributed by atoms with Gasteiger partial charge in [0.2, 0.25) is 0 Å². The van der Waals surface area contributed by atoms with Gasteiger partial charge in [-0.05, 0) is 51.4 Å². The fourth-order valence-electron chi connectivity index (χ4n) is 4.81. The molecule has 0 aliphatic heterocycles. The third kappa shape index (κ3) is 26.2. The van der Waals surface area contributed by atoms with Gasteiger partial charge in [-0.1, -0.05) is 89.5 Å². The highest BCUT2D eigenvalue weighted by Gasteiger charge is 2.31. The second-order valence-electron chi connectivity index (χ2n) is 12.8. The van der Waals surface area contributed by atoms with Crippen LogP contribution >= 0.6 is 0 Å². The topological polar surface area (TPSA) is 99.1 Å². The van der Waals surface area contributed by atoms with E-state index < -0.39 is 18.1 Å². The van der Waals surface area contributed by atoms with Gasteiger partial charge >= 0.3 is 17.9 Å². The van der Waals surface area contributed by atoms with Crippen LogP contribution in [0.2, 0.25) is 0 Å². The van der Waals surface area contributed by atoms with Crippen molar-refractivity contribution < 1.29 is 38.2 Å².